The van der Waals surface area contributed by atoms with Gasteiger partial charge in [-0.05, 0) is 77.0 Å². The van der Waals surface area contributed by atoms with Crippen LogP contribution in [0.2, 0.25) is 0 Å². The maximum absolute atomic E-state index is 12.8. The zero-order valence-electron chi connectivity index (χ0n) is 46.5. The van der Waals surface area contributed by atoms with E-state index < -0.39 is 6.10 Å². The van der Waals surface area contributed by atoms with Crippen LogP contribution >= 0.6 is 0 Å². The van der Waals surface area contributed by atoms with Gasteiger partial charge in [0, 0.05) is 19.3 Å². The number of unbranched alkanes of at least 4 members (excludes halogenated alkanes) is 35. The van der Waals surface area contributed by atoms with Crippen molar-refractivity contribution < 1.29 is 28.6 Å². The number of esters is 3. The molecule has 0 fully saturated rings. The van der Waals surface area contributed by atoms with Crippen LogP contribution < -0.4 is 0 Å². The zero-order chi connectivity index (χ0) is 50.7. The number of carbonyl (C=O) groups is 3. The van der Waals surface area contributed by atoms with Gasteiger partial charge in [0.25, 0.3) is 0 Å². The van der Waals surface area contributed by atoms with E-state index in [-0.39, 0.29) is 37.5 Å². The Morgan fingerprint density at radius 2 is 0.571 bits per heavy atom. The topological polar surface area (TPSA) is 78.9 Å². The maximum Gasteiger partial charge on any atom is 0.306 e. The van der Waals surface area contributed by atoms with Crippen molar-refractivity contribution in [3.05, 3.63) is 60.8 Å². The number of allylic oxidation sites excluding steroid dienone is 10. The standard InChI is InChI=1S/C64H114O6/c1-4-7-10-13-16-19-22-25-28-31-32-34-36-39-42-45-48-51-54-57-63(66)69-60-61(59-68-62(65)56-53-50-47-44-41-38-35-30-27-24-21-18-15-12-9-6-3)70-64(67)58-55-52-49-46-43-40-37-33-29-26-23-20-17-14-11-8-5-2/h26,29-30,35,37-38,40-41,46,49,61H,4-25,27-28,31-34,36,39,42-45,47-48,50-60H2,1-3H3/b29-26-,35-30-,40-37-,41-38-,49-46-. The predicted molar refractivity (Wildman–Crippen MR) is 302 cm³/mol. The number of ether oxygens (including phenoxy) is 3. The van der Waals surface area contributed by atoms with E-state index in [1.165, 1.54) is 193 Å². The summed E-state index contributed by atoms with van der Waals surface area (Å²) in [6.07, 6.45) is 73.7. The fraction of sp³-hybridized carbons (Fsp3) is 0.797. The first-order chi connectivity index (χ1) is 34.5. The summed E-state index contributed by atoms with van der Waals surface area (Å²) < 4.78 is 16.8. The van der Waals surface area contributed by atoms with Crippen LogP contribution in [0.4, 0.5) is 0 Å². The first-order valence-corrected chi connectivity index (χ1v) is 30.3. The molecule has 6 heteroatoms. The molecule has 1 unspecified atom stereocenters. The van der Waals surface area contributed by atoms with Gasteiger partial charge in [-0.15, -0.1) is 0 Å². The van der Waals surface area contributed by atoms with Crippen molar-refractivity contribution in [2.45, 2.75) is 316 Å². The van der Waals surface area contributed by atoms with Crippen molar-refractivity contribution >= 4 is 17.9 Å². The second-order valence-corrected chi connectivity index (χ2v) is 20.3. The highest BCUT2D eigenvalue weighted by Gasteiger charge is 2.19. The van der Waals surface area contributed by atoms with Crippen molar-refractivity contribution in [3.63, 3.8) is 0 Å². The Morgan fingerprint density at radius 1 is 0.300 bits per heavy atom. The lowest BCUT2D eigenvalue weighted by atomic mass is 10.0. The summed E-state index contributed by atoms with van der Waals surface area (Å²) in [6, 6.07) is 0. The van der Waals surface area contributed by atoms with Crippen LogP contribution in [-0.4, -0.2) is 37.2 Å². The van der Waals surface area contributed by atoms with E-state index in [2.05, 4.69) is 81.5 Å². The molecule has 0 heterocycles. The van der Waals surface area contributed by atoms with E-state index in [4.69, 9.17) is 14.2 Å². The summed E-state index contributed by atoms with van der Waals surface area (Å²) in [5.74, 6) is -0.966. The monoisotopic (exact) mass is 979 g/mol. The highest BCUT2D eigenvalue weighted by molar-refractivity contribution is 5.71. The highest BCUT2D eigenvalue weighted by Crippen LogP contribution is 2.16. The van der Waals surface area contributed by atoms with Crippen LogP contribution in [0.25, 0.3) is 0 Å². The molecule has 0 aromatic rings. The Bertz CT molecular complexity index is 1260. The second kappa shape index (κ2) is 58.7. The van der Waals surface area contributed by atoms with Crippen molar-refractivity contribution in [2.24, 2.45) is 0 Å². The average molecular weight is 980 g/mol. The summed E-state index contributed by atoms with van der Waals surface area (Å²) in [4.78, 5) is 38.2. The van der Waals surface area contributed by atoms with Gasteiger partial charge in [-0.2, -0.15) is 0 Å². The Hall–Kier alpha value is -2.89. The van der Waals surface area contributed by atoms with E-state index in [9.17, 15) is 14.4 Å². The van der Waals surface area contributed by atoms with Gasteiger partial charge in [-0.1, -0.05) is 274 Å². The van der Waals surface area contributed by atoms with Gasteiger partial charge in [0.15, 0.2) is 6.10 Å². The quantitative estimate of drug-likeness (QED) is 0.0199. The number of hydrogen-bond acceptors (Lipinski definition) is 6. The van der Waals surface area contributed by atoms with E-state index in [0.717, 1.165) is 70.6 Å². The molecule has 406 valence electrons. The SMILES string of the molecule is CCCCCCCC/C=C\C/C=C\C/C=C\CCCC(=O)OC(COC(=O)CCCCC/C=C\C=C/CCCCCCCCC)COC(=O)CCCCCCCCCCCCCCCCCCCCC. The molecular weight excluding hydrogens is 865 g/mol. The summed E-state index contributed by atoms with van der Waals surface area (Å²) in [7, 11) is 0. The molecule has 0 aliphatic rings. The van der Waals surface area contributed by atoms with Crippen LogP contribution in [0.5, 0.6) is 0 Å². The fourth-order valence-electron chi connectivity index (χ4n) is 8.69. The van der Waals surface area contributed by atoms with E-state index in [0.29, 0.717) is 19.3 Å². The normalized spacial score (nSPS) is 12.4. The van der Waals surface area contributed by atoms with Crippen LogP contribution in [-0.2, 0) is 28.6 Å². The van der Waals surface area contributed by atoms with E-state index >= 15 is 0 Å². The molecule has 0 aliphatic heterocycles. The third-order valence-corrected chi connectivity index (χ3v) is 13.3. The summed E-state index contributed by atoms with van der Waals surface area (Å²) >= 11 is 0. The molecule has 0 N–H and O–H groups in total. The smallest absolute Gasteiger partial charge is 0.306 e. The van der Waals surface area contributed by atoms with Gasteiger partial charge in [0.1, 0.15) is 13.2 Å². The molecule has 0 radical (unpaired) electrons. The molecule has 0 saturated heterocycles. The Morgan fingerprint density at radius 3 is 0.943 bits per heavy atom. The van der Waals surface area contributed by atoms with Gasteiger partial charge < -0.3 is 14.2 Å². The molecule has 0 aliphatic carbocycles. The minimum absolute atomic E-state index is 0.0999. The number of carbonyl (C=O) groups excluding carboxylic acids is 3. The Labute approximate surface area is 434 Å². The predicted octanol–water partition coefficient (Wildman–Crippen LogP) is 20.4. The van der Waals surface area contributed by atoms with Crippen LogP contribution in [0, 0.1) is 0 Å². The highest BCUT2D eigenvalue weighted by atomic mass is 16.6. The Balaban J connectivity index is 4.45. The van der Waals surface area contributed by atoms with Crippen molar-refractivity contribution in [1.29, 1.82) is 0 Å². The maximum atomic E-state index is 12.8. The molecule has 0 aromatic carbocycles. The van der Waals surface area contributed by atoms with Crippen LogP contribution in [0.1, 0.15) is 310 Å². The van der Waals surface area contributed by atoms with E-state index in [1.54, 1.807) is 0 Å². The number of rotatable bonds is 55. The van der Waals surface area contributed by atoms with E-state index in [1.807, 2.05) is 0 Å². The first kappa shape index (κ1) is 67.1. The minimum atomic E-state index is -0.810. The zero-order valence-corrected chi connectivity index (χ0v) is 46.5. The average Bonchev–Trinajstić information content (AvgIpc) is 3.36. The fourth-order valence-corrected chi connectivity index (χ4v) is 8.69. The van der Waals surface area contributed by atoms with Crippen molar-refractivity contribution in [1.82, 2.24) is 0 Å². The van der Waals surface area contributed by atoms with Crippen LogP contribution in [0.3, 0.4) is 0 Å². The molecule has 0 aromatic heterocycles. The molecule has 0 saturated carbocycles. The first-order valence-electron chi connectivity index (χ1n) is 30.3. The van der Waals surface area contributed by atoms with Gasteiger partial charge >= 0.3 is 17.9 Å². The molecule has 1 atom stereocenters. The van der Waals surface area contributed by atoms with Gasteiger partial charge in [0.2, 0.25) is 0 Å². The van der Waals surface area contributed by atoms with Crippen LogP contribution in [0.15, 0.2) is 60.8 Å². The van der Waals surface area contributed by atoms with Crippen molar-refractivity contribution in [2.75, 3.05) is 13.2 Å². The molecule has 6 nitrogen and oxygen atoms in total. The van der Waals surface area contributed by atoms with Gasteiger partial charge in [-0.25, -0.2) is 0 Å². The third-order valence-electron chi connectivity index (χ3n) is 13.3. The second-order valence-electron chi connectivity index (χ2n) is 20.3. The third kappa shape index (κ3) is 56.0. The largest absolute Gasteiger partial charge is 0.462 e. The summed E-state index contributed by atoms with van der Waals surface area (Å²) in [6.45, 7) is 6.60. The lowest BCUT2D eigenvalue weighted by Gasteiger charge is -2.18. The van der Waals surface area contributed by atoms with Gasteiger partial charge in [0.05, 0.1) is 0 Å². The molecule has 0 bridgehead atoms. The molecular formula is C64H114O6. The lowest BCUT2D eigenvalue weighted by Crippen LogP contribution is -2.30. The summed E-state index contributed by atoms with van der Waals surface area (Å²) in [5.41, 5.74) is 0. The summed E-state index contributed by atoms with van der Waals surface area (Å²) in [5, 5.41) is 0. The van der Waals surface area contributed by atoms with Crippen molar-refractivity contribution in [3.8, 4) is 0 Å². The Kier molecular flexibility index (Phi) is 56.3. The number of hydrogen-bond donors (Lipinski definition) is 0. The minimum Gasteiger partial charge on any atom is -0.462 e. The molecule has 70 heavy (non-hydrogen) atoms. The van der Waals surface area contributed by atoms with Gasteiger partial charge in [-0.3, -0.25) is 14.4 Å². The molecule has 0 spiro atoms. The lowest BCUT2D eigenvalue weighted by molar-refractivity contribution is -0.167. The molecule has 0 amide bonds. The molecule has 0 rings (SSSR count).